The van der Waals surface area contributed by atoms with Gasteiger partial charge in [0.1, 0.15) is 0 Å². The Labute approximate surface area is 92.6 Å². The Hall–Kier alpha value is -0.280. The minimum Gasteiger partial charge on any atom is -0.349 e. The highest BCUT2D eigenvalue weighted by Gasteiger charge is 2.14. The second-order valence-electron chi connectivity index (χ2n) is 4.02. The number of nitrogens with one attached hydrogen (secondary N) is 1. The third-order valence-electron chi connectivity index (χ3n) is 2.72. The lowest BCUT2D eigenvalue weighted by atomic mass is 9.93. The molecule has 1 saturated heterocycles. The lowest BCUT2D eigenvalue weighted by Crippen LogP contribution is -2.29. The molecular weight excluding hydrogens is 200 g/mol. The number of hydrogen-bond acceptors (Lipinski definition) is 2. The van der Waals surface area contributed by atoms with Crippen molar-refractivity contribution in [2.45, 2.75) is 25.7 Å². The van der Waals surface area contributed by atoms with Crippen LogP contribution in [0.5, 0.6) is 0 Å². The monoisotopic (exact) mass is 220 g/mol. The molecule has 0 aliphatic carbocycles. The Morgan fingerprint density at radius 1 is 1.36 bits per heavy atom. The maximum Gasteiger partial charge on any atom is 0.222 e. The van der Waals surface area contributed by atoms with Crippen LogP contribution in [0.2, 0.25) is 0 Å². The molecule has 1 N–H and O–H groups in total. The Morgan fingerprint density at radius 3 is 2.43 bits per heavy atom. The predicted octanol–water partition coefficient (Wildman–Crippen LogP) is 1.28. The van der Waals surface area contributed by atoms with Crippen LogP contribution < -0.4 is 5.32 Å². The van der Waals surface area contributed by atoms with E-state index in [1.165, 1.54) is 12.8 Å². The first kappa shape index (κ1) is 13.7. The summed E-state index contributed by atoms with van der Waals surface area (Å²) in [6.07, 6.45) is 4.26. The van der Waals surface area contributed by atoms with Crippen molar-refractivity contribution in [1.82, 2.24) is 10.2 Å². The highest BCUT2D eigenvalue weighted by Crippen LogP contribution is 2.17. The van der Waals surface area contributed by atoms with Gasteiger partial charge in [-0.1, -0.05) is 0 Å². The van der Waals surface area contributed by atoms with Crippen LogP contribution in [0.1, 0.15) is 25.7 Å². The van der Waals surface area contributed by atoms with Crippen molar-refractivity contribution in [3.05, 3.63) is 0 Å². The van der Waals surface area contributed by atoms with Crippen LogP contribution in [0, 0.1) is 5.92 Å². The van der Waals surface area contributed by atoms with Gasteiger partial charge in [0.05, 0.1) is 0 Å². The van der Waals surface area contributed by atoms with E-state index < -0.39 is 0 Å². The molecule has 1 fully saturated rings. The van der Waals surface area contributed by atoms with E-state index in [-0.39, 0.29) is 18.3 Å². The minimum absolute atomic E-state index is 0. The number of piperidine rings is 1. The van der Waals surface area contributed by atoms with E-state index in [1.807, 2.05) is 14.1 Å². The molecule has 1 aliphatic rings. The van der Waals surface area contributed by atoms with Gasteiger partial charge in [-0.2, -0.15) is 0 Å². The smallest absolute Gasteiger partial charge is 0.222 e. The Bertz CT molecular complexity index is 168. The van der Waals surface area contributed by atoms with Gasteiger partial charge in [0.2, 0.25) is 5.91 Å². The summed E-state index contributed by atoms with van der Waals surface area (Å²) in [6.45, 7) is 2.25. The molecule has 3 nitrogen and oxygen atoms in total. The molecule has 0 radical (unpaired) electrons. The first-order valence-corrected chi connectivity index (χ1v) is 5.11. The van der Waals surface area contributed by atoms with Crippen LogP contribution in [0.3, 0.4) is 0 Å². The van der Waals surface area contributed by atoms with Crippen molar-refractivity contribution in [2.75, 3.05) is 27.2 Å². The van der Waals surface area contributed by atoms with Crippen LogP contribution in [-0.4, -0.2) is 38.0 Å². The molecule has 0 atom stereocenters. The third kappa shape index (κ3) is 4.82. The fourth-order valence-corrected chi connectivity index (χ4v) is 1.72. The zero-order valence-electron chi connectivity index (χ0n) is 9.08. The zero-order chi connectivity index (χ0) is 9.68. The number of hydrogen-bond donors (Lipinski definition) is 1. The Kier molecular flexibility index (Phi) is 6.93. The van der Waals surface area contributed by atoms with Crippen molar-refractivity contribution >= 4 is 18.3 Å². The van der Waals surface area contributed by atoms with Crippen molar-refractivity contribution < 1.29 is 4.79 Å². The average molecular weight is 221 g/mol. The maximum atomic E-state index is 11.3. The van der Waals surface area contributed by atoms with Crippen LogP contribution in [0.15, 0.2) is 0 Å². The fourth-order valence-electron chi connectivity index (χ4n) is 1.72. The first-order valence-electron chi connectivity index (χ1n) is 5.11. The van der Waals surface area contributed by atoms with Crippen LogP contribution >= 0.6 is 12.4 Å². The Balaban J connectivity index is 0.00000169. The van der Waals surface area contributed by atoms with Crippen molar-refractivity contribution in [3.63, 3.8) is 0 Å². The lowest BCUT2D eigenvalue weighted by molar-refractivity contribution is -0.129. The molecule has 0 aromatic heterocycles. The van der Waals surface area contributed by atoms with Crippen LogP contribution in [0.25, 0.3) is 0 Å². The van der Waals surface area contributed by atoms with E-state index in [2.05, 4.69) is 5.32 Å². The van der Waals surface area contributed by atoms with E-state index in [9.17, 15) is 4.79 Å². The standard InChI is InChI=1S/C10H20N2O.ClH/c1-12(2)10(13)4-3-9-5-7-11-8-6-9;/h9,11H,3-8H2,1-2H3;1H. The quantitative estimate of drug-likeness (QED) is 0.777. The summed E-state index contributed by atoms with van der Waals surface area (Å²) in [5.41, 5.74) is 0. The number of carbonyl (C=O) groups is 1. The maximum absolute atomic E-state index is 11.3. The van der Waals surface area contributed by atoms with E-state index in [0.29, 0.717) is 0 Å². The molecule has 1 amide bonds. The molecule has 1 aliphatic heterocycles. The second kappa shape index (κ2) is 7.07. The summed E-state index contributed by atoms with van der Waals surface area (Å²) >= 11 is 0. The zero-order valence-corrected chi connectivity index (χ0v) is 9.90. The Morgan fingerprint density at radius 2 is 1.93 bits per heavy atom. The van der Waals surface area contributed by atoms with E-state index in [1.54, 1.807) is 4.90 Å². The van der Waals surface area contributed by atoms with Gasteiger partial charge in [-0.3, -0.25) is 4.79 Å². The van der Waals surface area contributed by atoms with E-state index in [0.717, 1.165) is 31.8 Å². The van der Waals surface area contributed by atoms with Gasteiger partial charge < -0.3 is 10.2 Å². The highest BCUT2D eigenvalue weighted by atomic mass is 35.5. The van der Waals surface area contributed by atoms with Gasteiger partial charge in [-0.05, 0) is 38.3 Å². The summed E-state index contributed by atoms with van der Waals surface area (Å²) < 4.78 is 0. The summed E-state index contributed by atoms with van der Waals surface area (Å²) in [5.74, 6) is 1.03. The third-order valence-corrected chi connectivity index (χ3v) is 2.72. The van der Waals surface area contributed by atoms with Gasteiger partial charge in [-0.15, -0.1) is 12.4 Å². The number of halogens is 1. The summed E-state index contributed by atoms with van der Waals surface area (Å²) in [4.78, 5) is 13.0. The van der Waals surface area contributed by atoms with E-state index in [4.69, 9.17) is 0 Å². The van der Waals surface area contributed by atoms with E-state index >= 15 is 0 Å². The molecular formula is C10H21ClN2O. The normalized spacial score (nSPS) is 17.3. The van der Waals surface area contributed by atoms with Crippen LogP contribution in [-0.2, 0) is 4.79 Å². The average Bonchev–Trinajstić information content (AvgIpc) is 2.15. The molecule has 4 heteroatoms. The second-order valence-corrected chi connectivity index (χ2v) is 4.02. The van der Waals surface area contributed by atoms with Crippen LogP contribution in [0.4, 0.5) is 0 Å². The molecule has 0 aromatic rings. The molecule has 84 valence electrons. The molecule has 0 spiro atoms. The van der Waals surface area contributed by atoms with Gasteiger partial charge in [0.15, 0.2) is 0 Å². The first-order chi connectivity index (χ1) is 6.20. The molecule has 1 rings (SSSR count). The largest absolute Gasteiger partial charge is 0.349 e. The SMILES string of the molecule is CN(C)C(=O)CCC1CCNCC1.Cl. The van der Waals surface area contributed by atoms with Gasteiger partial charge in [0.25, 0.3) is 0 Å². The van der Waals surface area contributed by atoms with Gasteiger partial charge >= 0.3 is 0 Å². The summed E-state index contributed by atoms with van der Waals surface area (Å²) in [5, 5.41) is 3.33. The summed E-state index contributed by atoms with van der Waals surface area (Å²) in [6, 6.07) is 0. The molecule has 14 heavy (non-hydrogen) atoms. The number of rotatable bonds is 3. The van der Waals surface area contributed by atoms with Crippen molar-refractivity contribution in [3.8, 4) is 0 Å². The molecule has 0 saturated carbocycles. The predicted molar refractivity (Wildman–Crippen MR) is 60.8 cm³/mol. The topological polar surface area (TPSA) is 32.3 Å². The molecule has 0 bridgehead atoms. The fraction of sp³-hybridized carbons (Fsp3) is 0.900. The molecule has 0 aromatic carbocycles. The lowest BCUT2D eigenvalue weighted by Gasteiger charge is -2.22. The van der Waals surface area contributed by atoms with Gasteiger partial charge in [0, 0.05) is 20.5 Å². The van der Waals surface area contributed by atoms with Gasteiger partial charge in [-0.25, -0.2) is 0 Å². The number of nitrogens with zero attached hydrogens (tertiary/aromatic N) is 1. The van der Waals surface area contributed by atoms with Crippen molar-refractivity contribution in [1.29, 1.82) is 0 Å². The molecule has 0 unspecified atom stereocenters. The number of carbonyl (C=O) groups excluding carboxylic acids is 1. The minimum atomic E-state index is 0. The summed E-state index contributed by atoms with van der Waals surface area (Å²) in [7, 11) is 3.65. The highest BCUT2D eigenvalue weighted by molar-refractivity contribution is 5.85. The molecule has 1 heterocycles. The van der Waals surface area contributed by atoms with Crippen molar-refractivity contribution in [2.24, 2.45) is 5.92 Å². The number of amides is 1.